The molecular formula is C30H45N3O2. The lowest BCUT2D eigenvalue weighted by molar-refractivity contribution is -0.147. The lowest BCUT2D eigenvalue weighted by atomic mass is 10.0. The van der Waals surface area contributed by atoms with Gasteiger partial charge in [0, 0.05) is 25.9 Å². The van der Waals surface area contributed by atoms with Crippen molar-refractivity contribution in [3.63, 3.8) is 0 Å². The number of amides is 2. The fraction of sp³-hybridized carbons (Fsp3) is 0.700. The number of hydrogen-bond donors (Lipinski definition) is 0. The van der Waals surface area contributed by atoms with E-state index in [2.05, 4.69) is 6.07 Å². The normalized spacial score (nSPS) is 20.8. The van der Waals surface area contributed by atoms with Gasteiger partial charge in [-0.1, -0.05) is 89.2 Å². The molecule has 2 saturated heterocycles. The van der Waals surface area contributed by atoms with Gasteiger partial charge < -0.3 is 9.80 Å². The Morgan fingerprint density at radius 3 is 1.34 bits per heavy atom. The molecule has 0 N–H and O–H groups in total. The molecule has 0 radical (unpaired) electrons. The van der Waals surface area contributed by atoms with Crippen LogP contribution in [-0.2, 0) is 9.59 Å². The first-order chi connectivity index (χ1) is 17.2. The van der Waals surface area contributed by atoms with Gasteiger partial charge in [-0.2, -0.15) is 5.26 Å². The summed E-state index contributed by atoms with van der Waals surface area (Å²) in [5.74, 6) is 0.331. The summed E-state index contributed by atoms with van der Waals surface area (Å²) < 4.78 is 0. The van der Waals surface area contributed by atoms with Crippen molar-refractivity contribution in [3.8, 4) is 6.07 Å². The summed E-state index contributed by atoms with van der Waals surface area (Å²) in [6.45, 7) is 1.38. The highest BCUT2D eigenvalue weighted by molar-refractivity contribution is 5.80. The van der Waals surface area contributed by atoms with Crippen LogP contribution in [0.25, 0.3) is 0 Å². The molecular weight excluding hydrogens is 434 g/mol. The van der Waals surface area contributed by atoms with Crippen molar-refractivity contribution in [1.82, 2.24) is 9.80 Å². The Bertz CT molecular complexity index is 774. The number of hydrogen-bond acceptors (Lipinski definition) is 3. The second-order valence-electron chi connectivity index (χ2n) is 10.4. The van der Waals surface area contributed by atoms with E-state index in [-0.39, 0.29) is 18.0 Å². The molecule has 2 aliphatic rings. The van der Waals surface area contributed by atoms with E-state index in [0.29, 0.717) is 31.5 Å². The fourth-order valence-electron chi connectivity index (χ4n) is 5.55. The molecule has 0 aliphatic carbocycles. The van der Waals surface area contributed by atoms with Crippen LogP contribution in [0.3, 0.4) is 0 Å². The monoisotopic (exact) mass is 479 g/mol. The van der Waals surface area contributed by atoms with E-state index >= 15 is 0 Å². The summed E-state index contributed by atoms with van der Waals surface area (Å²) in [4.78, 5) is 31.3. The second kappa shape index (κ2) is 15.6. The number of nitrogens with zero attached hydrogens (tertiary/aromatic N) is 3. The Kier molecular flexibility index (Phi) is 12.1. The van der Waals surface area contributed by atoms with Crippen LogP contribution in [0.4, 0.5) is 0 Å². The molecule has 0 aromatic heterocycles. The van der Waals surface area contributed by atoms with E-state index in [4.69, 9.17) is 0 Å². The first-order valence-corrected chi connectivity index (χ1v) is 14.3. The molecule has 5 heteroatoms. The molecule has 3 rings (SSSR count). The molecule has 0 unspecified atom stereocenters. The average Bonchev–Trinajstić information content (AvgIpc) is 2.86. The van der Waals surface area contributed by atoms with Crippen LogP contribution in [0.5, 0.6) is 0 Å². The van der Waals surface area contributed by atoms with E-state index in [9.17, 15) is 14.9 Å². The van der Waals surface area contributed by atoms with E-state index in [1.165, 1.54) is 51.4 Å². The largest absolute Gasteiger partial charge is 0.318 e. The van der Waals surface area contributed by atoms with E-state index in [0.717, 1.165) is 56.9 Å². The highest BCUT2D eigenvalue weighted by Gasteiger charge is 2.32. The van der Waals surface area contributed by atoms with Crippen molar-refractivity contribution in [1.29, 1.82) is 5.26 Å². The lowest BCUT2D eigenvalue weighted by Gasteiger charge is -2.41. The Labute approximate surface area is 212 Å². The highest BCUT2D eigenvalue weighted by atomic mass is 16.2. The molecule has 192 valence electrons. The van der Waals surface area contributed by atoms with Gasteiger partial charge in [0.15, 0.2) is 0 Å². The topological polar surface area (TPSA) is 64.4 Å². The summed E-state index contributed by atoms with van der Waals surface area (Å²) in [6.07, 6.45) is 18.9. The maximum absolute atomic E-state index is 13.6. The van der Waals surface area contributed by atoms with Gasteiger partial charge in [0.1, 0.15) is 6.17 Å². The standard InChI is InChI=1S/C30H45N3O2/c31-25-26-19-21-27(22-20-26)30(32-23-15-11-7-3-1-5-9-13-17-28(32)34)33-24-16-12-8-4-2-6-10-14-18-29(33)35/h19-22,30H,1-18,23-24H2. The van der Waals surface area contributed by atoms with Gasteiger partial charge >= 0.3 is 0 Å². The number of rotatable bonds is 3. The SMILES string of the molecule is N#Cc1ccc(C(N2CCCCCCCCCCC2=O)N2CCCCCCCCCCC2=O)cc1. The summed E-state index contributed by atoms with van der Waals surface area (Å²) in [5.41, 5.74) is 1.55. The van der Waals surface area contributed by atoms with Gasteiger partial charge in [-0.3, -0.25) is 9.59 Å². The number of carbonyl (C=O) groups excluding carboxylic acids is 2. The van der Waals surface area contributed by atoms with Gasteiger partial charge in [0.2, 0.25) is 11.8 Å². The van der Waals surface area contributed by atoms with Crippen molar-refractivity contribution < 1.29 is 9.59 Å². The van der Waals surface area contributed by atoms with Crippen LogP contribution in [-0.4, -0.2) is 34.7 Å². The van der Waals surface area contributed by atoms with Gasteiger partial charge in [-0.05, 0) is 43.4 Å². The minimum Gasteiger partial charge on any atom is -0.318 e. The predicted octanol–water partition coefficient (Wildman–Crippen LogP) is 7.26. The third-order valence-electron chi connectivity index (χ3n) is 7.65. The van der Waals surface area contributed by atoms with Crippen molar-refractivity contribution in [2.75, 3.05) is 13.1 Å². The zero-order valence-electron chi connectivity index (χ0n) is 21.7. The van der Waals surface area contributed by atoms with Crippen LogP contribution < -0.4 is 0 Å². The Balaban J connectivity index is 1.93. The molecule has 0 atom stereocenters. The molecule has 0 bridgehead atoms. The average molecular weight is 480 g/mol. The molecule has 1 aromatic rings. The molecule has 0 saturated carbocycles. The molecule has 0 spiro atoms. The van der Waals surface area contributed by atoms with E-state index in [1.807, 2.05) is 34.1 Å². The predicted molar refractivity (Wildman–Crippen MR) is 140 cm³/mol. The van der Waals surface area contributed by atoms with Gasteiger partial charge in [0.25, 0.3) is 0 Å². The Hall–Kier alpha value is -2.35. The molecule has 2 heterocycles. The second-order valence-corrected chi connectivity index (χ2v) is 10.4. The highest BCUT2D eigenvalue weighted by Crippen LogP contribution is 2.30. The minimum absolute atomic E-state index is 0.166. The first kappa shape index (κ1) is 27.2. The number of carbonyl (C=O) groups is 2. The third kappa shape index (κ3) is 8.98. The van der Waals surface area contributed by atoms with Gasteiger partial charge in [0.05, 0.1) is 11.6 Å². The molecule has 2 fully saturated rings. The zero-order valence-corrected chi connectivity index (χ0v) is 21.7. The molecule has 35 heavy (non-hydrogen) atoms. The van der Waals surface area contributed by atoms with E-state index < -0.39 is 0 Å². The third-order valence-corrected chi connectivity index (χ3v) is 7.65. The van der Waals surface area contributed by atoms with Crippen LogP contribution >= 0.6 is 0 Å². The fourth-order valence-corrected chi connectivity index (χ4v) is 5.55. The van der Waals surface area contributed by atoms with Crippen molar-refractivity contribution in [3.05, 3.63) is 35.4 Å². The first-order valence-electron chi connectivity index (χ1n) is 14.3. The molecule has 5 nitrogen and oxygen atoms in total. The maximum atomic E-state index is 13.6. The number of benzene rings is 1. The van der Waals surface area contributed by atoms with Crippen molar-refractivity contribution in [2.24, 2.45) is 0 Å². The quantitative estimate of drug-likeness (QED) is 0.458. The summed E-state index contributed by atoms with van der Waals surface area (Å²) in [5, 5.41) is 9.32. The summed E-state index contributed by atoms with van der Waals surface area (Å²) in [6, 6.07) is 9.76. The van der Waals surface area contributed by atoms with Crippen LogP contribution in [0.1, 0.15) is 133 Å². The molecule has 1 aromatic carbocycles. The Morgan fingerprint density at radius 1 is 0.571 bits per heavy atom. The Morgan fingerprint density at radius 2 is 0.943 bits per heavy atom. The smallest absolute Gasteiger partial charge is 0.224 e. The van der Waals surface area contributed by atoms with E-state index in [1.54, 1.807) is 0 Å². The van der Waals surface area contributed by atoms with Crippen LogP contribution in [0.15, 0.2) is 24.3 Å². The summed E-state index contributed by atoms with van der Waals surface area (Å²) >= 11 is 0. The lowest BCUT2D eigenvalue weighted by Crippen LogP contribution is -2.48. The van der Waals surface area contributed by atoms with Gasteiger partial charge in [-0.25, -0.2) is 0 Å². The van der Waals surface area contributed by atoms with Crippen molar-refractivity contribution >= 4 is 11.8 Å². The van der Waals surface area contributed by atoms with Crippen LogP contribution in [0, 0.1) is 11.3 Å². The number of nitriles is 1. The summed E-state index contributed by atoms with van der Waals surface area (Å²) in [7, 11) is 0. The zero-order chi connectivity index (χ0) is 24.7. The van der Waals surface area contributed by atoms with Crippen molar-refractivity contribution in [2.45, 2.75) is 122 Å². The molecule has 2 aliphatic heterocycles. The van der Waals surface area contributed by atoms with Crippen LogP contribution in [0.2, 0.25) is 0 Å². The maximum Gasteiger partial charge on any atom is 0.224 e. The minimum atomic E-state index is -0.381. The molecule has 2 amide bonds. The van der Waals surface area contributed by atoms with Gasteiger partial charge in [-0.15, -0.1) is 0 Å².